The van der Waals surface area contributed by atoms with Gasteiger partial charge >= 0.3 is 18.5 Å². The zero-order valence-electron chi connectivity index (χ0n) is 121. The zero-order valence-corrected chi connectivity index (χ0v) is 79.7. The van der Waals surface area contributed by atoms with E-state index in [9.17, 15) is 81.5 Å². The van der Waals surface area contributed by atoms with Crippen molar-refractivity contribution in [2.45, 2.75) is 197 Å². The Labute approximate surface area is 900 Å². The highest BCUT2D eigenvalue weighted by Gasteiger charge is 2.36. The summed E-state index contributed by atoms with van der Waals surface area (Å²) in [7, 11) is 0. The van der Waals surface area contributed by atoms with E-state index >= 15 is 0 Å². The Morgan fingerprint density at radius 3 is 1.17 bits per heavy atom. The predicted octanol–water partition coefficient (Wildman–Crippen LogP) is 22.2. The standard InChI is InChI=1S/2C37H40F4N4O2S.C36H38F4N4O2S/c1-4-43(5-2)18-19-44(22-26-6-10-28(11-7-26)29-12-14-30(15-13-29)37(39,40)41)34(46)23-45-33-21-25(3)20-32(33)35(47)42-36(45)48-24-27-8-16-31(38)17-9-27;1-4-43(5-2)19-20-44(22-26-9-13-28(14-10-26)29-15-18-32(25(3)21-29)37(39,40)41)34(46)23-45-33-8-6-7-31(33)35(47)42-36(45)48-24-27-11-16-30(38)17-12-27;1-3-42(4-2)20-21-43(22-25-8-12-27(13-9-25)28-14-16-29(17-15-28)36(38,39)40)33(45)23-44-32-7-5-6-31(32)34(46)41-35(44)47-24-26-10-18-30(37)19-11-26/h6-17,25H,4-5,18-24H2,1-3H3;9-18,21H,4-8,19-20,22-24H2,1-3H3;8-19H,3-7,20-24H2,1-2H3/i4D2,5D2,8D,9D,16D,17D,20D2,21D2,24D2,25D;4D2,5D2,6D2,7D2,8D2,9D,10D,13D,14D,15D,18D,21D,24D2;3D2,4D2,10D,11D,18D,19D,24D2. The number of carbonyl (C=O) groups is 3. The van der Waals surface area contributed by atoms with Crippen molar-refractivity contribution >= 4 is 53.0 Å². The molecule has 0 aliphatic heterocycles. The van der Waals surface area contributed by atoms with Crippen LogP contribution in [0.25, 0.3) is 33.4 Å². The third-order valence-electron chi connectivity index (χ3n) is 21.9. The summed E-state index contributed by atoms with van der Waals surface area (Å²) in [4.78, 5) is 101. The van der Waals surface area contributed by atoms with Crippen molar-refractivity contribution < 1.29 is 127 Å². The van der Waals surface area contributed by atoms with Crippen molar-refractivity contribution in [3.05, 3.63) is 350 Å². The summed E-state index contributed by atoms with van der Waals surface area (Å²) in [5.41, 5.74) is -21.4. The molecule has 1 unspecified atom stereocenters. The van der Waals surface area contributed by atoms with Crippen LogP contribution in [0.1, 0.15) is 211 Å². The zero-order chi connectivity index (χ0) is 141. The van der Waals surface area contributed by atoms with Crippen molar-refractivity contribution in [3.63, 3.8) is 0 Å². The molecule has 33 heteroatoms. The van der Waals surface area contributed by atoms with Gasteiger partial charge in [-0.15, -0.1) is 0 Å². The number of amides is 3. The number of benzene rings is 9. The summed E-state index contributed by atoms with van der Waals surface area (Å²) >= 11 is 0.232. The lowest BCUT2D eigenvalue weighted by Gasteiger charge is -2.28. The van der Waals surface area contributed by atoms with Gasteiger partial charge in [-0.1, -0.05) is 229 Å². The molecule has 3 aliphatic carbocycles. The SMILES string of the molecule is [2H]c1c([2H])c(-c2c([2H])c([2H])c(C(F)(F)F)c(C)c2[2H])c([2H])c([2H])c1CN(CCN(C([2H])([2H])C)C([2H])([2H])C)C(=O)Cn1c(SC([2H])([2H])c2ccc(F)cc2)nc(=O)c2c1C([2H])([2H])C([2H])([2H])C2([2H])[2H].[2H]c1c([2H])c(C([2H])([2H])Sc2nc(=O)c3c(n2CC(=O)N(CCN(C([2H])([2H])C)C([2H])([2H])C)Cc2ccc(-c4ccc(C(F)(F)F)cc4)cc2)C([2H])([2H])C([2H])(C)C3([2H])[2H])c([2H])c([2H])c1F.[2H]c1c([2H])c(C([2H])([2H])Sc2nc(=O)c3c(n2CC(=O)N(CCN(C([2H])([2H])C)C([2H])([2H])C)Cc2ccc(-c4ccc(C(F)(F)F)cc4)cc2)CCC3)c([2H])c([2H])c1F. The number of thioether (sulfide) groups is 3. The van der Waals surface area contributed by atoms with Crippen molar-refractivity contribution in [1.82, 2.24) is 58.1 Å². The Hall–Kier alpha value is -11.9. The lowest BCUT2D eigenvalue weighted by Crippen LogP contribution is -2.40. The Bertz CT molecular complexity index is 8850. The first kappa shape index (κ1) is 63.4. The van der Waals surface area contributed by atoms with Crippen LogP contribution in [0.4, 0.5) is 52.7 Å². The molecule has 0 radical (unpaired) electrons. The molecule has 3 heterocycles. The third-order valence-corrected chi connectivity index (χ3v) is 24.3. The molecule has 9 aromatic carbocycles. The lowest BCUT2D eigenvalue weighted by atomic mass is 9.98. The first-order chi connectivity index (χ1) is 85.1. The molecule has 0 saturated heterocycles. The van der Waals surface area contributed by atoms with Crippen LogP contribution in [0.2, 0.25) is 0 Å². The Morgan fingerprint density at radius 1 is 0.399 bits per heavy atom. The molecular formula is C110H118F12N12O6S3. The van der Waals surface area contributed by atoms with E-state index < -0.39 is 390 Å². The van der Waals surface area contributed by atoms with Gasteiger partial charge in [-0.2, -0.15) is 54.5 Å². The topological polar surface area (TPSA) is 175 Å². The molecule has 15 rings (SSSR count). The van der Waals surface area contributed by atoms with E-state index in [1.54, 1.807) is 36.4 Å². The molecule has 3 aromatic heterocycles. The summed E-state index contributed by atoms with van der Waals surface area (Å²) in [5.74, 6) is -9.49. The largest absolute Gasteiger partial charge is 0.416 e. The van der Waals surface area contributed by atoms with Crippen molar-refractivity contribution in [2.24, 2.45) is 5.89 Å². The fourth-order valence-electron chi connectivity index (χ4n) is 14.5. The number of hydrogen-bond donors (Lipinski definition) is 0. The van der Waals surface area contributed by atoms with Crippen LogP contribution in [-0.4, -0.2) is 154 Å². The highest BCUT2D eigenvalue weighted by atomic mass is 32.2. The molecule has 0 saturated carbocycles. The Kier molecular flexibility index (Phi) is 22.2. The fourth-order valence-corrected chi connectivity index (χ4v) is 16.7. The monoisotopic (exact) mass is 2070 g/mol. The summed E-state index contributed by atoms with van der Waals surface area (Å²) < 4.78 is 538. The summed E-state index contributed by atoms with van der Waals surface area (Å²) in [6.45, 7) is -12.9. The van der Waals surface area contributed by atoms with Gasteiger partial charge in [0.15, 0.2) is 15.5 Å². The van der Waals surface area contributed by atoms with Crippen LogP contribution < -0.4 is 16.7 Å². The molecule has 0 spiro atoms. The number of carbonyl (C=O) groups excluding carboxylic acids is 3. The van der Waals surface area contributed by atoms with Gasteiger partial charge in [-0.05, 0) is 242 Å². The number of hydrogen-bond acceptors (Lipinski definition) is 15. The highest BCUT2D eigenvalue weighted by Crippen LogP contribution is 2.39. The molecule has 18 nitrogen and oxygen atoms in total. The van der Waals surface area contributed by atoms with Crippen LogP contribution in [0.5, 0.6) is 0 Å². The highest BCUT2D eigenvalue weighted by molar-refractivity contribution is 7.98. The molecule has 3 amide bonds. The number of fused-ring (bicyclic) bond motifs is 3. The van der Waals surface area contributed by atoms with Crippen LogP contribution >= 0.6 is 35.3 Å². The second kappa shape index (κ2) is 50.1. The lowest BCUT2D eigenvalue weighted by molar-refractivity contribution is -0.138. The van der Waals surface area contributed by atoms with E-state index in [4.69, 9.17) is 60.3 Å². The van der Waals surface area contributed by atoms with Crippen molar-refractivity contribution in [1.29, 1.82) is 0 Å². The van der Waals surface area contributed by atoms with Crippen LogP contribution in [0.3, 0.4) is 0 Å². The van der Waals surface area contributed by atoms with Gasteiger partial charge in [0.2, 0.25) is 17.7 Å². The average molecular weight is 2070 g/mol. The first-order valence-electron chi connectivity index (χ1n) is 65.4. The fraction of sp³-hybridized carbons (Fsp3) is 0.373. The van der Waals surface area contributed by atoms with Gasteiger partial charge in [0.05, 0.1) is 37.3 Å². The molecule has 3 aliphatic rings. The number of likely N-dealkylation sites (N-methyl/N-ethyl adjacent to an activating group) is 3. The van der Waals surface area contributed by atoms with Crippen molar-refractivity contribution in [3.8, 4) is 33.4 Å². The number of nitrogens with zero attached hydrogens (tertiary/aromatic N) is 12. The average Bonchev–Trinajstić information content (AvgIpc) is 1.52. The maximum Gasteiger partial charge on any atom is 0.416 e. The molecule has 0 bridgehead atoms. The second-order valence-corrected chi connectivity index (χ2v) is 33.5. The minimum absolute atomic E-state index is 0.0671. The number of aromatic nitrogens is 6. The number of rotatable bonds is 39. The van der Waals surface area contributed by atoms with E-state index in [1.807, 2.05) is 0 Å². The van der Waals surface area contributed by atoms with Gasteiger partial charge in [0.25, 0.3) is 16.7 Å². The van der Waals surface area contributed by atoms with E-state index in [0.717, 1.165) is 105 Å². The van der Waals surface area contributed by atoms with Gasteiger partial charge < -0.3 is 43.1 Å². The van der Waals surface area contributed by atoms with Crippen molar-refractivity contribution in [2.75, 3.05) is 78.2 Å². The maximum atomic E-state index is 14.8. The minimum Gasteiger partial charge on any atom is -0.336 e. The molecular weight excluding hydrogens is 1910 g/mol. The van der Waals surface area contributed by atoms with Gasteiger partial charge in [-0.25, -0.2) is 13.2 Å². The smallest absolute Gasteiger partial charge is 0.336 e. The molecule has 0 N–H and O–H groups in total. The van der Waals surface area contributed by atoms with Gasteiger partial charge in [0, 0.05) is 150 Å². The summed E-state index contributed by atoms with van der Waals surface area (Å²) in [6.07, 6.45) is -29.8. The summed E-state index contributed by atoms with van der Waals surface area (Å²) in [6, 6.07) is 8.90. The predicted molar refractivity (Wildman–Crippen MR) is 539 cm³/mol. The molecule has 143 heavy (non-hydrogen) atoms. The molecule has 12 aromatic rings. The molecule has 1 atom stereocenters. The normalized spacial score (nSPS) is 21.0. The van der Waals surface area contributed by atoms with Crippen LogP contribution in [0.15, 0.2) is 242 Å². The van der Waals surface area contributed by atoms with E-state index in [2.05, 4.69) is 15.0 Å². The number of halogens is 12. The van der Waals surface area contributed by atoms with E-state index in [1.165, 1.54) is 59.7 Å². The summed E-state index contributed by atoms with van der Waals surface area (Å²) in [5, 5.41) is -1.99. The Balaban J connectivity index is 0.000000228. The van der Waals surface area contributed by atoms with E-state index in [0.29, 0.717) is 82.8 Å². The third kappa shape index (κ3) is 29.5. The maximum absolute atomic E-state index is 14.8. The molecule has 0 fully saturated rings. The van der Waals surface area contributed by atoms with Gasteiger partial charge in [-0.3, -0.25) is 28.8 Å². The number of alkyl halides is 9. The minimum atomic E-state index is -5.19. The molecule has 756 valence electrons. The van der Waals surface area contributed by atoms with Crippen LogP contribution in [-0.2, 0) is 128 Å². The first-order valence-corrected chi connectivity index (χ1v) is 45.8. The van der Waals surface area contributed by atoms with Gasteiger partial charge in [0.1, 0.15) is 37.1 Å². The van der Waals surface area contributed by atoms with E-state index in [-0.39, 0.29) is 72.2 Å². The quantitative estimate of drug-likeness (QED) is 0.0202. The second-order valence-electron chi connectivity index (χ2n) is 31.2. The van der Waals surface area contributed by atoms with Crippen LogP contribution in [0, 0.1) is 30.3 Å². The Morgan fingerprint density at radius 2 is 0.762 bits per heavy atom.